The number of amides is 1. The zero-order chi connectivity index (χ0) is 13.3. The first-order valence-corrected chi connectivity index (χ1v) is 6.33. The van der Waals surface area contributed by atoms with E-state index < -0.39 is 0 Å². The number of hydrogen-bond donors (Lipinski definition) is 2. The maximum Gasteiger partial charge on any atom is 0.221 e. The van der Waals surface area contributed by atoms with E-state index in [-0.39, 0.29) is 11.9 Å². The molecule has 0 aromatic carbocycles. The second-order valence-electron chi connectivity index (χ2n) is 4.73. The summed E-state index contributed by atoms with van der Waals surface area (Å²) in [4.78, 5) is 15.9. The molecule has 0 aromatic rings. The number of rotatable bonds is 9. The maximum atomic E-state index is 11.6. The third-order valence-corrected chi connectivity index (χ3v) is 2.79. The van der Waals surface area contributed by atoms with Gasteiger partial charge in [-0.05, 0) is 27.6 Å². The first-order chi connectivity index (χ1) is 8.01. The Balaban J connectivity index is 3.99. The van der Waals surface area contributed by atoms with Gasteiger partial charge in [0.15, 0.2) is 0 Å². The van der Waals surface area contributed by atoms with Crippen LogP contribution in [-0.2, 0) is 4.79 Å². The maximum absolute atomic E-state index is 11.6. The lowest BCUT2D eigenvalue weighted by Gasteiger charge is -2.27. The number of carbonyl (C=O) groups is 1. The fourth-order valence-corrected chi connectivity index (χ4v) is 1.51. The van der Waals surface area contributed by atoms with Gasteiger partial charge in [-0.3, -0.25) is 4.79 Å². The van der Waals surface area contributed by atoms with E-state index in [1.807, 2.05) is 28.1 Å². The molecule has 1 unspecified atom stereocenters. The summed E-state index contributed by atoms with van der Waals surface area (Å²) in [5, 5.41) is 2.89. The second kappa shape index (κ2) is 9.39. The molecule has 0 bridgehead atoms. The first-order valence-electron chi connectivity index (χ1n) is 6.33. The zero-order valence-electron chi connectivity index (χ0n) is 11.7. The molecule has 5 heteroatoms. The molecule has 17 heavy (non-hydrogen) atoms. The van der Waals surface area contributed by atoms with E-state index in [1.54, 1.807) is 0 Å². The van der Waals surface area contributed by atoms with Gasteiger partial charge in [-0.1, -0.05) is 6.92 Å². The van der Waals surface area contributed by atoms with Gasteiger partial charge in [-0.15, -0.1) is 0 Å². The molecular formula is C12H28N4O. The number of nitrogens with zero attached hydrogens (tertiary/aromatic N) is 2. The fourth-order valence-electron chi connectivity index (χ4n) is 1.51. The van der Waals surface area contributed by atoms with E-state index in [4.69, 9.17) is 5.73 Å². The Hall–Kier alpha value is -0.650. The van der Waals surface area contributed by atoms with Crippen LogP contribution >= 0.6 is 0 Å². The summed E-state index contributed by atoms with van der Waals surface area (Å²) in [6, 6.07) is 0.131. The minimum Gasteiger partial charge on any atom is -0.356 e. The van der Waals surface area contributed by atoms with Crippen LogP contribution in [0.3, 0.4) is 0 Å². The summed E-state index contributed by atoms with van der Waals surface area (Å²) in [7, 11) is 6.10. The molecule has 0 rings (SSSR count). The van der Waals surface area contributed by atoms with Crippen molar-refractivity contribution < 1.29 is 4.79 Å². The van der Waals surface area contributed by atoms with Gasteiger partial charge in [0, 0.05) is 38.6 Å². The molecule has 0 heterocycles. The van der Waals surface area contributed by atoms with Gasteiger partial charge in [0.1, 0.15) is 0 Å². The van der Waals surface area contributed by atoms with Crippen molar-refractivity contribution >= 4 is 5.91 Å². The summed E-state index contributed by atoms with van der Waals surface area (Å²) in [5.41, 5.74) is 5.72. The van der Waals surface area contributed by atoms with Crippen LogP contribution in [0.5, 0.6) is 0 Å². The van der Waals surface area contributed by atoms with Crippen molar-refractivity contribution in [3.63, 3.8) is 0 Å². The standard InChI is InChI=1S/C12H28N4O/c1-5-6-14-12(17)9-11(10-13)16(4)8-7-15(2)3/h11H,5-10,13H2,1-4H3,(H,14,17). The summed E-state index contributed by atoms with van der Waals surface area (Å²) < 4.78 is 0. The molecule has 1 atom stereocenters. The van der Waals surface area contributed by atoms with Crippen LogP contribution in [0.15, 0.2) is 0 Å². The summed E-state index contributed by atoms with van der Waals surface area (Å²) in [6.07, 6.45) is 1.45. The topological polar surface area (TPSA) is 61.6 Å². The number of hydrogen-bond acceptors (Lipinski definition) is 4. The highest BCUT2D eigenvalue weighted by Gasteiger charge is 2.16. The van der Waals surface area contributed by atoms with E-state index in [2.05, 4.69) is 15.1 Å². The smallest absolute Gasteiger partial charge is 0.221 e. The average Bonchev–Trinajstić information content (AvgIpc) is 2.30. The molecule has 5 nitrogen and oxygen atoms in total. The third kappa shape index (κ3) is 8.12. The van der Waals surface area contributed by atoms with E-state index >= 15 is 0 Å². The molecule has 0 aliphatic carbocycles. The summed E-state index contributed by atoms with van der Waals surface area (Å²) >= 11 is 0. The van der Waals surface area contributed by atoms with Gasteiger partial charge in [-0.25, -0.2) is 0 Å². The minimum atomic E-state index is 0.0963. The highest BCUT2D eigenvalue weighted by molar-refractivity contribution is 5.76. The van der Waals surface area contributed by atoms with E-state index in [0.29, 0.717) is 13.0 Å². The van der Waals surface area contributed by atoms with E-state index in [1.165, 1.54) is 0 Å². The predicted molar refractivity (Wildman–Crippen MR) is 71.9 cm³/mol. The Morgan fingerprint density at radius 3 is 2.41 bits per heavy atom. The molecular weight excluding hydrogens is 216 g/mol. The van der Waals surface area contributed by atoms with Crippen LogP contribution in [0.1, 0.15) is 19.8 Å². The number of likely N-dealkylation sites (N-methyl/N-ethyl adjacent to an activating group) is 2. The predicted octanol–water partition coefficient (Wildman–Crippen LogP) is -0.277. The summed E-state index contributed by atoms with van der Waals surface area (Å²) in [5.74, 6) is 0.0963. The molecule has 0 saturated carbocycles. The van der Waals surface area contributed by atoms with E-state index in [9.17, 15) is 4.79 Å². The summed E-state index contributed by atoms with van der Waals surface area (Å²) in [6.45, 7) is 5.21. The SMILES string of the molecule is CCCNC(=O)CC(CN)N(C)CCN(C)C. The van der Waals surface area contributed by atoms with Crippen molar-refractivity contribution in [1.82, 2.24) is 15.1 Å². The molecule has 3 N–H and O–H groups in total. The number of nitrogens with two attached hydrogens (primary N) is 1. The number of carbonyl (C=O) groups excluding carboxylic acids is 1. The lowest BCUT2D eigenvalue weighted by atomic mass is 10.1. The quantitative estimate of drug-likeness (QED) is 0.586. The van der Waals surface area contributed by atoms with Crippen LogP contribution in [0.25, 0.3) is 0 Å². The fraction of sp³-hybridized carbons (Fsp3) is 0.917. The van der Waals surface area contributed by atoms with Crippen LogP contribution < -0.4 is 11.1 Å². The van der Waals surface area contributed by atoms with Gasteiger partial charge in [-0.2, -0.15) is 0 Å². The first kappa shape index (κ1) is 16.4. The third-order valence-electron chi connectivity index (χ3n) is 2.79. The Morgan fingerprint density at radius 2 is 1.94 bits per heavy atom. The van der Waals surface area contributed by atoms with Gasteiger partial charge >= 0.3 is 0 Å². The van der Waals surface area contributed by atoms with Crippen molar-refractivity contribution in [3.05, 3.63) is 0 Å². The van der Waals surface area contributed by atoms with Gasteiger partial charge in [0.2, 0.25) is 5.91 Å². The van der Waals surface area contributed by atoms with Gasteiger partial charge in [0.05, 0.1) is 0 Å². The second-order valence-corrected chi connectivity index (χ2v) is 4.73. The zero-order valence-corrected chi connectivity index (χ0v) is 11.7. The Bertz CT molecular complexity index is 209. The molecule has 0 aliphatic heterocycles. The van der Waals surface area contributed by atoms with Crippen molar-refractivity contribution in [2.75, 3.05) is 47.3 Å². The van der Waals surface area contributed by atoms with Crippen molar-refractivity contribution in [3.8, 4) is 0 Å². The van der Waals surface area contributed by atoms with E-state index in [0.717, 1.165) is 26.1 Å². The van der Waals surface area contributed by atoms with Gasteiger partial charge < -0.3 is 20.9 Å². The highest BCUT2D eigenvalue weighted by Crippen LogP contribution is 2.00. The normalized spacial score (nSPS) is 13.1. The highest BCUT2D eigenvalue weighted by atomic mass is 16.1. The van der Waals surface area contributed by atoms with Crippen LogP contribution in [-0.4, -0.2) is 69.1 Å². The molecule has 0 radical (unpaired) electrons. The van der Waals surface area contributed by atoms with Crippen molar-refractivity contribution in [2.45, 2.75) is 25.8 Å². The molecule has 0 fully saturated rings. The molecule has 0 spiro atoms. The Labute approximate surface area is 105 Å². The Kier molecular flexibility index (Phi) is 9.03. The Morgan fingerprint density at radius 1 is 1.29 bits per heavy atom. The van der Waals surface area contributed by atoms with Crippen LogP contribution in [0.4, 0.5) is 0 Å². The van der Waals surface area contributed by atoms with Crippen LogP contribution in [0.2, 0.25) is 0 Å². The molecule has 102 valence electrons. The molecule has 0 aliphatic rings. The molecule has 1 amide bonds. The van der Waals surface area contributed by atoms with Gasteiger partial charge in [0.25, 0.3) is 0 Å². The average molecular weight is 244 g/mol. The van der Waals surface area contributed by atoms with Crippen LogP contribution in [0, 0.1) is 0 Å². The monoisotopic (exact) mass is 244 g/mol. The van der Waals surface area contributed by atoms with Crippen molar-refractivity contribution in [2.24, 2.45) is 5.73 Å². The molecule has 0 saturated heterocycles. The van der Waals surface area contributed by atoms with Crippen molar-refractivity contribution in [1.29, 1.82) is 0 Å². The number of nitrogens with one attached hydrogen (secondary N) is 1. The lowest BCUT2D eigenvalue weighted by molar-refractivity contribution is -0.122. The molecule has 0 aromatic heterocycles. The largest absolute Gasteiger partial charge is 0.356 e. The minimum absolute atomic E-state index is 0.0963. The lowest BCUT2D eigenvalue weighted by Crippen LogP contribution is -2.44.